The van der Waals surface area contributed by atoms with E-state index in [2.05, 4.69) is 5.32 Å². The van der Waals surface area contributed by atoms with Gasteiger partial charge >= 0.3 is 0 Å². The summed E-state index contributed by atoms with van der Waals surface area (Å²) < 4.78 is 4.94. The molecule has 2 rings (SSSR count). The minimum atomic E-state index is -0.382. The molecule has 0 aromatic heterocycles. The van der Waals surface area contributed by atoms with E-state index in [1.54, 1.807) is 12.1 Å². The van der Waals surface area contributed by atoms with Gasteiger partial charge in [0, 0.05) is 11.8 Å². The molecule has 1 aliphatic heterocycles. The minimum absolute atomic E-state index is 0.0193. The van der Waals surface area contributed by atoms with E-state index < -0.39 is 0 Å². The van der Waals surface area contributed by atoms with Crippen molar-refractivity contribution in [3.63, 3.8) is 0 Å². The van der Waals surface area contributed by atoms with Crippen molar-refractivity contribution in [2.45, 2.75) is 0 Å². The number of thioether (sulfide) groups is 1. The summed E-state index contributed by atoms with van der Waals surface area (Å²) in [7, 11) is 1.43. The summed E-state index contributed by atoms with van der Waals surface area (Å²) in [6.45, 7) is 0. The molecular formula is C11H9NO4S. The smallest absolute Gasteiger partial charge is 0.291 e. The van der Waals surface area contributed by atoms with Crippen molar-refractivity contribution in [2.75, 3.05) is 7.11 Å². The Labute approximate surface area is 101 Å². The first-order valence-corrected chi connectivity index (χ1v) is 5.53. The van der Waals surface area contributed by atoms with Crippen molar-refractivity contribution in [1.82, 2.24) is 5.32 Å². The number of phenolic OH excluding ortho intramolecular Hbond substituents is 1. The number of nitrogens with one attached hydrogen (secondary N) is 1. The average molecular weight is 251 g/mol. The third-order valence-corrected chi connectivity index (χ3v) is 2.85. The van der Waals surface area contributed by atoms with Crippen molar-refractivity contribution < 1.29 is 19.4 Å². The second kappa shape index (κ2) is 4.50. The summed E-state index contributed by atoms with van der Waals surface area (Å²) >= 11 is 0.623. The van der Waals surface area contributed by atoms with E-state index in [9.17, 15) is 14.7 Å². The molecule has 17 heavy (non-hydrogen) atoms. The molecule has 1 amide bonds. The lowest BCUT2D eigenvalue weighted by Gasteiger charge is -2.04. The van der Waals surface area contributed by atoms with Gasteiger partial charge in [0.1, 0.15) is 0 Å². The van der Waals surface area contributed by atoms with E-state index >= 15 is 0 Å². The number of hydrogen-bond acceptors (Lipinski definition) is 5. The summed E-state index contributed by atoms with van der Waals surface area (Å²) in [5.74, 6) is 0.328. The van der Waals surface area contributed by atoms with Crippen LogP contribution in [0.15, 0.2) is 23.9 Å². The maximum Gasteiger partial charge on any atom is 0.291 e. The normalized spacial score (nSPS) is 17.4. The number of aromatic hydroxyl groups is 1. The molecule has 0 bridgehead atoms. The quantitative estimate of drug-likeness (QED) is 0.783. The second-order valence-electron chi connectivity index (χ2n) is 3.29. The Morgan fingerprint density at radius 3 is 2.76 bits per heavy atom. The van der Waals surface area contributed by atoms with Crippen LogP contribution in [-0.2, 0) is 4.79 Å². The summed E-state index contributed by atoms with van der Waals surface area (Å²) in [5.41, 5.74) is 0.888. The molecule has 0 atom stereocenters. The van der Waals surface area contributed by atoms with E-state index in [4.69, 9.17) is 4.74 Å². The van der Waals surface area contributed by atoms with Gasteiger partial charge in [0.2, 0.25) is 5.12 Å². The first-order valence-electron chi connectivity index (χ1n) is 4.72. The van der Waals surface area contributed by atoms with Gasteiger partial charge < -0.3 is 15.2 Å². The molecule has 0 aliphatic carbocycles. The summed E-state index contributed by atoms with van der Waals surface area (Å²) in [6, 6.07) is 4.65. The van der Waals surface area contributed by atoms with Gasteiger partial charge in [-0.1, -0.05) is 6.07 Å². The number of carbonyl (C=O) groups is 2. The van der Waals surface area contributed by atoms with Crippen molar-refractivity contribution in [3.8, 4) is 11.5 Å². The monoisotopic (exact) mass is 251 g/mol. The minimum Gasteiger partial charge on any atom is -0.504 e. The standard InChI is InChI=1S/C11H9NO4S/c1-16-9-5-6(2-3-8(9)13)4-7-10(14)17-11(15)12-7/h2-5,13H,1H3,(H,12,15). The van der Waals surface area contributed by atoms with Gasteiger partial charge in [0.25, 0.3) is 5.24 Å². The largest absolute Gasteiger partial charge is 0.504 e. The fourth-order valence-corrected chi connectivity index (χ4v) is 1.92. The Kier molecular flexibility index (Phi) is 3.06. The molecule has 1 heterocycles. The Morgan fingerprint density at radius 2 is 2.18 bits per heavy atom. The molecule has 0 unspecified atom stereocenters. The zero-order chi connectivity index (χ0) is 12.4. The average Bonchev–Trinajstić information content (AvgIpc) is 2.60. The number of methoxy groups -OCH3 is 1. The Morgan fingerprint density at radius 1 is 1.41 bits per heavy atom. The fraction of sp³-hybridized carbons (Fsp3) is 0.0909. The maximum atomic E-state index is 11.3. The maximum absolute atomic E-state index is 11.3. The predicted molar refractivity (Wildman–Crippen MR) is 63.8 cm³/mol. The highest BCUT2D eigenvalue weighted by molar-refractivity contribution is 8.27. The highest BCUT2D eigenvalue weighted by Gasteiger charge is 2.25. The molecule has 0 saturated carbocycles. The molecular weight excluding hydrogens is 242 g/mol. The zero-order valence-corrected chi connectivity index (χ0v) is 9.71. The highest BCUT2D eigenvalue weighted by atomic mass is 32.2. The number of rotatable bonds is 2. The van der Waals surface area contributed by atoms with E-state index in [1.807, 2.05) is 0 Å². The van der Waals surface area contributed by atoms with Crippen LogP contribution in [0.4, 0.5) is 4.79 Å². The van der Waals surface area contributed by atoms with Crippen molar-refractivity contribution in [1.29, 1.82) is 0 Å². The van der Waals surface area contributed by atoms with Crippen molar-refractivity contribution >= 4 is 28.2 Å². The molecule has 88 valence electrons. The van der Waals surface area contributed by atoms with Gasteiger partial charge in [-0.3, -0.25) is 9.59 Å². The number of hydrogen-bond donors (Lipinski definition) is 2. The van der Waals surface area contributed by atoms with E-state index in [0.717, 1.165) is 0 Å². The van der Waals surface area contributed by atoms with Crippen LogP contribution < -0.4 is 10.1 Å². The summed E-state index contributed by atoms with van der Waals surface area (Å²) in [5, 5.41) is 11.1. The van der Waals surface area contributed by atoms with Gasteiger partial charge in [-0.2, -0.15) is 0 Å². The van der Waals surface area contributed by atoms with Crippen molar-refractivity contribution in [3.05, 3.63) is 29.5 Å². The molecule has 2 N–H and O–H groups in total. The van der Waals surface area contributed by atoms with E-state index in [1.165, 1.54) is 19.3 Å². The third kappa shape index (κ3) is 2.42. The molecule has 5 nitrogen and oxygen atoms in total. The lowest BCUT2D eigenvalue weighted by molar-refractivity contribution is -0.107. The first kappa shape index (κ1) is 11.5. The SMILES string of the molecule is COc1cc(C=C2NC(=O)SC2=O)ccc1O. The lowest BCUT2D eigenvalue weighted by Crippen LogP contribution is -2.10. The number of ether oxygens (including phenoxy) is 1. The van der Waals surface area contributed by atoms with Crippen LogP contribution in [0.3, 0.4) is 0 Å². The van der Waals surface area contributed by atoms with E-state index in [0.29, 0.717) is 23.1 Å². The predicted octanol–water partition coefficient (Wildman–Crippen LogP) is 1.72. The number of carbonyl (C=O) groups excluding carboxylic acids is 2. The lowest BCUT2D eigenvalue weighted by atomic mass is 10.1. The van der Waals surface area contributed by atoms with Gasteiger partial charge in [0.15, 0.2) is 11.5 Å². The molecule has 6 heteroatoms. The Balaban J connectivity index is 2.33. The summed E-state index contributed by atoms with van der Waals surface area (Å²) in [4.78, 5) is 22.3. The molecule has 1 aromatic rings. The van der Waals surface area contributed by atoms with Crippen LogP contribution in [0.5, 0.6) is 11.5 Å². The van der Waals surface area contributed by atoms with Crippen molar-refractivity contribution in [2.24, 2.45) is 0 Å². The molecule has 1 fully saturated rings. The number of phenols is 1. The van der Waals surface area contributed by atoms with E-state index in [-0.39, 0.29) is 21.8 Å². The molecule has 1 saturated heterocycles. The van der Waals surface area contributed by atoms with Crippen LogP contribution in [0.2, 0.25) is 0 Å². The van der Waals surface area contributed by atoms with Crippen LogP contribution in [0.1, 0.15) is 5.56 Å². The van der Waals surface area contributed by atoms with Crippen LogP contribution >= 0.6 is 11.8 Å². The van der Waals surface area contributed by atoms with Gasteiger partial charge in [-0.25, -0.2) is 0 Å². The van der Waals surface area contributed by atoms with Gasteiger partial charge in [-0.15, -0.1) is 0 Å². The highest BCUT2D eigenvalue weighted by Crippen LogP contribution is 2.28. The Bertz CT molecular complexity index is 524. The molecule has 1 aliphatic rings. The molecule has 1 aromatic carbocycles. The summed E-state index contributed by atoms with van der Waals surface area (Å²) in [6.07, 6.45) is 1.53. The first-order chi connectivity index (χ1) is 8.10. The van der Waals surface area contributed by atoms with Gasteiger partial charge in [-0.05, 0) is 23.8 Å². The third-order valence-electron chi connectivity index (χ3n) is 2.16. The van der Waals surface area contributed by atoms with Crippen LogP contribution in [-0.4, -0.2) is 22.6 Å². The topological polar surface area (TPSA) is 75.6 Å². The second-order valence-corrected chi connectivity index (χ2v) is 4.24. The van der Waals surface area contributed by atoms with Gasteiger partial charge in [0.05, 0.1) is 12.8 Å². The fourth-order valence-electron chi connectivity index (χ4n) is 1.37. The zero-order valence-electron chi connectivity index (χ0n) is 8.89. The number of amides is 1. The molecule has 0 radical (unpaired) electrons. The van der Waals surface area contributed by atoms with Crippen LogP contribution in [0.25, 0.3) is 6.08 Å². The van der Waals surface area contributed by atoms with Crippen LogP contribution in [0, 0.1) is 0 Å². The number of benzene rings is 1. The Hall–Kier alpha value is -1.95. The molecule has 0 spiro atoms.